The molecule has 0 saturated carbocycles. The van der Waals surface area contributed by atoms with Gasteiger partial charge in [0.1, 0.15) is 5.82 Å². The second-order valence-corrected chi connectivity index (χ2v) is 7.95. The van der Waals surface area contributed by atoms with Gasteiger partial charge in [0, 0.05) is 23.1 Å². The Labute approximate surface area is 141 Å². The van der Waals surface area contributed by atoms with Crippen LogP contribution in [0.2, 0.25) is 0 Å². The van der Waals surface area contributed by atoms with Crippen molar-refractivity contribution < 1.29 is 9.13 Å². The number of anilines is 1. The van der Waals surface area contributed by atoms with E-state index in [9.17, 15) is 4.39 Å². The van der Waals surface area contributed by atoms with E-state index in [1.54, 1.807) is 12.1 Å². The summed E-state index contributed by atoms with van der Waals surface area (Å²) in [4.78, 5) is 2.16. The molecule has 1 unspecified atom stereocenters. The molecule has 0 spiro atoms. The van der Waals surface area contributed by atoms with Crippen molar-refractivity contribution in [3.05, 3.63) is 28.5 Å². The zero-order chi connectivity index (χ0) is 15.9. The molecule has 1 aromatic heterocycles. The lowest BCUT2D eigenvalue weighted by Crippen LogP contribution is -2.52. The van der Waals surface area contributed by atoms with Gasteiger partial charge < -0.3 is 9.64 Å². The first-order chi connectivity index (χ1) is 10.3. The van der Waals surface area contributed by atoms with E-state index in [0.29, 0.717) is 10.6 Å². The van der Waals surface area contributed by atoms with Crippen LogP contribution in [0.4, 0.5) is 9.52 Å². The van der Waals surface area contributed by atoms with Gasteiger partial charge in [-0.15, -0.1) is 10.2 Å². The van der Waals surface area contributed by atoms with E-state index in [1.165, 1.54) is 17.4 Å². The van der Waals surface area contributed by atoms with Crippen LogP contribution in [0.3, 0.4) is 0 Å². The van der Waals surface area contributed by atoms with E-state index in [2.05, 4.69) is 44.9 Å². The summed E-state index contributed by atoms with van der Waals surface area (Å²) in [6.07, 6.45) is 0.124. The summed E-state index contributed by atoms with van der Waals surface area (Å²) in [5, 5.41) is 9.80. The average molecular weight is 386 g/mol. The summed E-state index contributed by atoms with van der Waals surface area (Å²) >= 11 is 4.77. The standard InChI is InChI=1S/C15H17BrFN3OS/c1-9-7-20(8-15(2,3)21-9)14-19-18-13(22-14)11-6-10(16)4-5-12(11)17/h4-6,9H,7-8H2,1-3H3. The fourth-order valence-electron chi connectivity index (χ4n) is 2.71. The highest BCUT2D eigenvalue weighted by molar-refractivity contribution is 9.10. The molecule has 1 aromatic carbocycles. The van der Waals surface area contributed by atoms with Gasteiger partial charge >= 0.3 is 0 Å². The third kappa shape index (κ3) is 3.31. The molecule has 22 heavy (non-hydrogen) atoms. The van der Waals surface area contributed by atoms with E-state index >= 15 is 0 Å². The van der Waals surface area contributed by atoms with E-state index in [4.69, 9.17) is 4.74 Å². The molecular formula is C15H17BrFN3OS. The maximum absolute atomic E-state index is 14.0. The number of aromatic nitrogens is 2. The average Bonchev–Trinajstić information content (AvgIpc) is 2.89. The van der Waals surface area contributed by atoms with Crippen molar-refractivity contribution >= 4 is 32.4 Å². The number of nitrogens with zero attached hydrogens (tertiary/aromatic N) is 3. The number of halogens is 2. The molecule has 0 aliphatic carbocycles. The van der Waals surface area contributed by atoms with Gasteiger partial charge in [0.15, 0.2) is 5.01 Å². The van der Waals surface area contributed by atoms with E-state index in [1.807, 2.05) is 6.92 Å². The van der Waals surface area contributed by atoms with Crippen LogP contribution in [0.1, 0.15) is 20.8 Å². The van der Waals surface area contributed by atoms with Crippen molar-refractivity contribution in [3.8, 4) is 10.6 Å². The highest BCUT2D eigenvalue weighted by Crippen LogP contribution is 2.34. The second kappa shape index (κ2) is 5.86. The predicted octanol–water partition coefficient (Wildman–Crippen LogP) is 4.11. The van der Waals surface area contributed by atoms with Crippen molar-refractivity contribution in [1.82, 2.24) is 10.2 Å². The SMILES string of the molecule is CC1CN(c2nnc(-c3cc(Br)ccc3F)s2)CC(C)(C)O1. The van der Waals surface area contributed by atoms with E-state index in [0.717, 1.165) is 22.7 Å². The van der Waals surface area contributed by atoms with Crippen LogP contribution in [0.15, 0.2) is 22.7 Å². The van der Waals surface area contributed by atoms with Crippen molar-refractivity contribution in [1.29, 1.82) is 0 Å². The van der Waals surface area contributed by atoms with Gasteiger partial charge in [-0.25, -0.2) is 4.39 Å². The van der Waals surface area contributed by atoms with Crippen molar-refractivity contribution in [2.45, 2.75) is 32.5 Å². The predicted molar refractivity (Wildman–Crippen MR) is 89.8 cm³/mol. The molecule has 1 saturated heterocycles. The van der Waals surface area contributed by atoms with Crippen LogP contribution in [-0.2, 0) is 4.74 Å². The Morgan fingerprint density at radius 1 is 1.41 bits per heavy atom. The molecule has 0 N–H and O–H groups in total. The minimum Gasteiger partial charge on any atom is -0.369 e. The fraction of sp³-hybridized carbons (Fsp3) is 0.467. The summed E-state index contributed by atoms with van der Waals surface area (Å²) < 4.78 is 20.7. The number of ether oxygens (including phenoxy) is 1. The Balaban J connectivity index is 1.89. The topological polar surface area (TPSA) is 38.2 Å². The fourth-order valence-corrected chi connectivity index (χ4v) is 3.94. The number of morpholine rings is 1. The minimum absolute atomic E-state index is 0.124. The zero-order valence-corrected chi connectivity index (χ0v) is 15.0. The third-order valence-electron chi connectivity index (χ3n) is 3.41. The first-order valence-corrected chi connectivity index (χ1v) is 8.67. The lowest BCUT2D eigenvalue weighted by molar-refractivity contribution is -0.0750. The number of hydrogen-bond donors (Lipinski definition) is 0. The molecular weight excluding hydrogens is 369 g/mol. The van der Waals surface area contributed by atoms with Crippen LogP contribution in [0.25, 0.3) is 10.6 Å². The molecule has 1 atom stereocenters. The highest BCUT2D eigenvalue weighted by atomic mass is 79.9. The number of hydrogen-bond acceptors (Lipinski definition) is 5. The summed E-state index contributed by atoms with van der Waals surface area (Å²) in [5.41, 5.74) is 0.239. The van der Waals surface area contributed by atoms with E-state index in [-0.39, 0.29) is 17.5 Å². The smallest absolute Gasteiger partial charge is 0.208 e. The largest absolute Gasteiger partial charge is 0.369 e. The van der Waals surface area contributed by atoms with Gasteiger partial charge in [0.25, 0.3) is 0 Å². The molecule has 118 valence electrons. The molecule has 1 fully saturated rings. The summed E-state index contributed by atoms with van der Waals surface area (Å²) in [6.45, 7) is 7.67. The number of benzene rings is 1. The summed E-state index contributed by atoms with van der Waals surface area (Å²) in [6, 6.07) is 4.83. The van der Waals surface area contributed by atoms with Gasteiger partial charge in [-0.2, -0.15) is 0 Å². The highest BCUT2D eigenvalue weighted by Gasteiger charge is 2.33. The molecule has 0 radical (unpaired) electrons. The molecule has 1 aliphatic heterocycles. The molecule has 0 bridgehead atoms. The Kier molecular flexibility index (Phi) is 4.22. The zero-order valence-electron chi connectivity index (χ0n) is 12.6. The summed E-state index contributed by atoms with van der Waals surface area (Å²) in [5.74, 6) is -0.290. The quantitative estimate of drug-likeness (QED) is 0.779. The number of rotatable bonds is 2. The first-order valence-electron chi connectivity index (χ1n) is 7.06. The Morgan fingerprint density at radius 2 is 2.18 bits per heavy atom. The van der Waals surface area contributed by atoms with Crippen molar-refractivity contribution in [3.63, 3.8) is 0 Å². The normalized spacial score (nSPS) is 21.1. The molecule has 3 rings (SSSR count). The lowest BCUT2D eigenvalue weighted by Gasteiger charge is -2.41. The van der Waals surface area contributed by atoms with Gasteiger partial charge in [-0.05, 0) is 39.0 Å². The van der Waals surface area contributed by atoms with Gasteiger partial charge in [0.05, 0.1) is 11.7 Å². The van der Waals surface area contributed by atoms with Gasteiger partial charge in [0.2, 0.25) is 5.13 Å². The maximum atomic E-state index is 14.0. The first kappa shape index (κ1) is 15.8. The van der Waals surface area contributed by atoms with Crippen molar-refractivity contribution in [2.24, 2.45) is 0 Å². The Hall–Kier alpha value is -1.05. The molecule has 7 heteroatoms. The van der Waals surface area contributed by atoms with Crippen LogP contribution in [0.5, 0.6) is 0 Å². The Morgan fingerprint density at radius 3 is 2.91 bits per heavy atom. The molecule has 0 amide bonds. The minimum atomic E-state index is -0.290. The van der Waals surface area contributed by atoms with Gasteiger partial charge in [-0.3, -0.25) is 0 Å². The van der Waals surface area contributed by atoms with Crippen LogP contribution in [-0.4, -0.2) is 35.0 Å². The van der Waals surface area contributed by atoms with Crippen LogP contribution < -0.4 is 4.90 Å². The third-order valence-corrected chi connectivity index (χ3v) is 4.92. The monoisotopic (exact) mass is 385 g/mol. The van der Waals surface area contributed by atoms with E-state index < -0.39 is 0 Å². The van der Waals surface area contributed by atoms with Crippen molar-refractivity contribution in [2.75, 3.05) is 18.0 Å². The summed E-state index contributed by atoms with van der Waals surface area (Å²) in [7, 11) is 0. The van der Waals surface area contributed by atoms with Crippen LogP contribution in [0, 0.1) is 5.82 Å². The van der Waals surface area contributed by atoms with Gasteiger partial charge in [-0.1, -0.05) is 27.3 Å². The Bertz CT molecular complexity index is 691. The maximum Gasteiger partial charge on any atom is 0.208 e. The lowest BCUT2D eigenvalue weighted by atomic mass is 10.1. The molecule has 1 aliphatic rings. The molecule has 2 heterocycles. The molecule has 4 nitrogen and oxygen atoms in total. The van der Waals surface area contributed by atoms with Crippen LogP contribution >= 0.6 is 27.3 Å². The second-order valence-electron chi connectivity index (χ2n) is 6.08. The molecule has 2 aromatic rings.